The van der Waals surface area contributed by atoms with E-state index in [4.69, 9.17) is 5.73 Å². The van der Waals surface area contributed by atoms with Crippen molar-refractivity contribution >= 4 is 45.2 Å². The Morgan fingerprint density at radius 2 is 2.08 bits per heavy atom. The van der Waals surface area contributed by atoms with Crippen LogP contribution in [0.4, 0.5) is 0 Å². The average Bonchev–Trinajstić information content (AvgIpc) is 2.10. The van der Waals surface area contributed by atoms with Crippen molar-refractivity contribution in [3.05, 3.63) is 24.8 Å². The maximum absolute atomic E-state index is 9.73. The van der Waals surface area contributed by atoms with Crippen LogP contribution in [-0.4, -0.2) is 5.11 Å². The third kappa shape index (κ3) is 2.69. The molecular formula is C9H11I2NO. The van der Waals surface area contributed by atoms with Crippen molar-refractivity contribution in [3.8, 4) is 5.75 Å². The van der Waals surface area contributed by atoms with E-state index < -0.39 is 0 Å². The summed E-state index contributed by atoms with van der Waals surface area (Å²) in [4.78, 5) is 0. The summed E-state index contributed by atoms with van der Waals surface area (Å²) < 4.78 is 1.97. The van der Waals surface area contributed by atoms with Crippen molar-refractivity contribution in [3.63, 3.8) is 0 Å². The monoisotopic (exact) mass is 403 g/mol. The van der Waals surface area contributed by atoms with E-state index in [-0.39, 0.29) is 6.04 Å². The molecule has 1 rings (SSSR count). The molecule has 2 nitrogen and oxygen atoms in total. The molecule has 0 spiro atoms. The summed E-state index contributed by atoms with van der Waals surface area (Å²) in [7, 11) is 0. The Morgan fingerprint density at radius 1 is 1.46 bits per heavy atom. The lowest BCUT2D eigenvalue weighted by Crippen LogP contribution is -2.09. The van der Waals surface area contributed by atoms with Gasteiger partial charge >= 0.3 is 0 Å². The van der Waals surface area contributed by atoms with Gasteiger partial charge < -0.3 is 10.8 Å². The first-order chi connectivity index (χ1) is 6.06. The molecule has 0 aliphatic heterocycles. The summed E-state index contributed by atoms with van der Waals surface area (Å²) in [5, 5.41) is 9.73. The van der Waals surface area contributed by atoms with Crippen LogP contribution in [0.5, 0.6) is 5.75 Å². The predicted molar refractivity (Wildman–Crippen MR) is 70.8 cm³/mol. The van der Waals surface area contributed by atoms with E-state index in [0.717, 1.165) is 19.1 Å². The highest BCUT2D eigenvalue weighted by Gasteiger charge is 2.12. The number of rotatable bonds is 2. The third-order valence-electron chi connectivity index (χ3n) is 1.90. The third-order valence-corrected chi connectivity index (χ3v) is 3.34. The average molecular weight is 403 g/mol. The zero-order valence-electron chi connectivity index (χ0n) is 7.22. The van der Waals surface area contributed by atoms with Crippen LogP contribution in [0.2, 0.25) is 0 Å². The first-order valence-electron chi connectivity index (χ1n) is 3.99. The highest BCUT2D eigenvalue weighted by atomic mass is 127. The van der Waals surface area contributed by atoms with Gasteiger partial charge in [-0.25, -0.2) is 0 Å². The Balaban J connectivity index is 3.20. The molecule has 0 aliphatic rings. The fraction of sp³-hybridized carbons (Fsp3) is 0.333. The van der Waals surface area contributed by atoms with Gasteiger partial charge in [0.25, 0.3) is 0 Å². The lowest BCUT2D eigenvalue weighted by Gasteiger charge is -2.12. The van der Waals surface area contributed by atoms with Gasteiger partial charge in [0.05, 0.1) is 3.57 Å². The number of hydrogen-bond acceptors (Lipinski definition) is 2. The van der Waals surface area contributed by atoms with E-state index in [1.54, 1.807) is 0 Å². The van der Waals surface area contributed by atoms with Gasteiger partial charge in [-0.1, -0.05) is 6.92 Å². The molecule has 72 valence electrons. The van der Waals surface area contributed by atoms with Crippen molar-refractivity contribution < 1.29 is 5.11 Å². The molecule has 0 bridgehead atoms. The van der Waals surface area contributed by atoms with Gasteiger partial charge in [0.1, 0.15) is 5.75 Å². The van der Waals surface area contributed by atoms with Gasteiger partial charge in [0.15, 0.2) is 0 Å². The number of nitrogens with two attached hydrogens (primary N) is 1. The molecule has 0 aliphatic carbocycles. The summed E-state index contributed by atoms with van der Waals surface area (Å²) in [6, 6.07) is 3.80. The molecule has 0 aromatic heterocycles. The Hall–Kier alpha value is 0.440. The summed E-state index contributed by atoms with van der Waals surface area (Å²) in [5.74, 6) is 0.329. The van der Waals surface area contributed by atoms with E-state index in [2.05, 4.69) is 45.2 Å². The number of benzene rings is 1. The Bertz CT molecular complexity index is 315. The van der Waals surface area contributed by atoms with Crippen molar-refractivity contribution in [2.75, 3.05) is 0 Å². The molecule has 0 saturated carbocycles. The molecule has 1 atom stereocenters. The molecule has 13 heavy (non-hydrogen) atoms. The van der Waals surface area contributed by atoms with Crippen molar-refractivity contribution in [1.29, 1.82) is 0 Å². The molecule has 0 radical (unpaired) electrons. The molecule has 0 saturated heterocycles. The van der Waals surface area contributed by atoms with Crippen LogP contribution in [0.1, 0.15) is 24.9 Å². The lowest BCUT2D eigenvalue weighted by molar-refractivity contribution is 0.456. The van der Waals surface area contributed by atoms with Crippen molar-refractivity contribution in [1.82, 2.24) is 0 Å². The minimum absolute atomic E-state index is 0.0665. The fourth-order valence-electron chi connectivity index (χ4n) is 1.09. The Kier molecular flexibility index (Phi) is 4.24. The van der Waals surface area contributed by atoms with Crippen LogP contribution in [-0.2, 0) is 0 Å². The summed E-state index contributed by atoms with van der Waals surface area (Å²) in [5.41, 5.74) is 6.71. The van der Waals surface area contributed by atoms with Crippen LogP contribution >= 0.6 is 45.2 Å². The number of phenolic OH excluding ortho intramolecular Hbond substituents is 1. The van der Waals surface area contributed by atoms with Gasteiger partial charge in [0, 0.05) is 15.2 Å². The minimum Gasteiger partial charge on any atom is -0.506 e. The van der Waals surface area contributed by atoms with E-state index in [1.165, 1.54) is 0 Å². The number of aromatic hydroxyl groups is 1. The van der Waals surface area contributed by atoms with Crippen molar-refractivity contribution in [2.24, 2.45) is 5.73 Å². The van der Waals surface area contributed by atoms with E-state index in [9.17, 15) is 5.11 Å². The zero-order valence-corrected chi connectivity index (χ0v) is 11.5. The number of phenols is 1. The van der Waals surface area contributed by atoms with Crippen molar-refractivity contribution in [2.45, 2.75) is 19.4 Å². The van der Waals surface area contributed by atoms with Gasteiger partial charge in [-0.05, 0) is 63.7 Å². The van der Waals surface area contributed by atoms with E-state index in [0.29, 0.717) is 5.75 Å². The minimum atomic E-state index is -0.0665. The van der Waals surface area contributed by atoms with E-state index >= 15 is 0 Å². The molecule has 0 fully saturated rings. The zero-order chi connectivity index (χ0) is 10.0. The molecule has 0 unspecified atom stereocenters. The molecule has 1 aromatic carbocycles. The SMILES string of the molecule is CC[C@@H](N)c1cc(I)cc(I)c1O. The molecule has 0 amide bonds. The molecule has 0 heterocycles. The van der Waals surface area contributed by atoms with Crippen LogP contribution in [0, 0.1) is 7.14 Å². The smallest absolute Gasteiger partial charge is 0.133 e. The largest absolute Gasteiger partial charge is 0.506 e. The summed E-state index contributed by atoms with van der Waals surface area (Å²) >= 11 is 4.34. The summed E-state index contributed by atoms with van der Waals surface area (Å²) in [6.07, 6.45) is 0.837. The van der Waals surface area contributed by atoms with Gasteiger partial charge in [-0.2, -0.15) is 0 Å². The van der Waals surface area contributed by atoms with Crippen LogP contribution < -0.4 is 5.73 Å². The fourth-order valence-corrected chi connectivity index (χ4v) is 2.98. The number of hydrogen-bond donors (Lipinski definition) is 2. The van der Waals surface area contributed by atoms with E-state index in [1.807, 2.05) is 19.1 Å². The van der Waals surface area contributed by atoms with Gasteiger partial charge in [-0.15, -0.1) is 0 Å². The topological polar surface area (TPSA) is 46.2 Å². The molecule has 1 aromatic rings. The van der Waals surface area contributed by atoms with Crippen LogP contribution in [0.25, 0.3) is 0 Å². The second kappa shape index (κ2) is 4.79. The Labute approximate surface area is 105 Å². The first kappa shape index (κ1) is 11.5. The molecule has 3 N–H and O–H groups in total. The second-order valence-electron chi connectivity index (χ2n) is 2.84. The quantitative estimate of drug-likeness (QED) is 0.747. The lowest BCUT2D eigenvalue weighted by atomic mass is 10.0. The highest BCUT2D eigenvalue weighted by Crippen LogP contribution is 2.31. The van der Waals surface area contributed by atoms with Gasteiger partial charge in [-0.3, -0.25) is 0 Å². The number of halogens is 2. The van der Waals surface area contributed by atoms with Crippen LogP contribution in [0.3, 0.4) is 0 Å². The van der Waals surface area contributed by atoms with Crippen LogP contribution in [0.15, 0.2) is 12.1 Å². The second-order valence-corrected chi connectivity index (χ2v) is 5.25. The standard InChI is InChI=1S/C9H11I2NO/c1-2-8(12)6-3-5(10)4-7(11)9(6)13/h3-4,8,13H,2,12H2,1H3/t8-/m1/s1. The molecule has 4 heteroatoms. The predicted octanol–water partition coefficient (Wildman–Crippen LogP) is 3.01. The highest BCUT2D eigenvalue weighted by molar-refractivity contribution is 14.1. The normalized spacial score (nSPS) is 12.9. The summed E-state index contributed by atoms with van der Waals surface area (Å²) in [6.45, 7) is 2.01. The first-order valence-corrected chi connectivity index (χ1v) is 6.15. The van der Waals surface area contributed by atoms with Gasteiger partial charge in [0.2, 0.25) is 0 Å². The maximum Gasteiger partial charge on any atom is 0.133 e. The maximum atomic E-state index is 9.73. The molecular weight excluding hydrogens is 392 g/mol. The Morgan fingerprint density at radius 3 is 2.62 bits per heavy atom.